The van der Waals surface area contributed by atoms with E-state index in [1.807, 2.05) is 0 Å². The molecule has 18 heavy (non-hydrogen) atoms. The lowest BCUT2D eigenvalue weighted by Gasteiger charge is -2.36. The summed E-state index contributed by atoms with van der Waals surface area (Å²) in [5.41, 5.74) is 0.190. The van der Waals surface area contributed by atoms with Crippen molar-refractivity contribution < 1.29 is 9.18 Å². The molecular weight excluding hydrogens is 231 g/mol. The first-order valence-electron chi connectivity index (χ1n) is 6.49. The van der Waals surface area contributed by atoms with E-state index in [-0.39, 0.29) is 17.6 Å². The fourth-order valence-electron chi connectivity index (χ4n) is 2.73. The third-order valence-electron chi connectivity index (χ3n) is 3.82. The third kappa shape index (κ3) is 2.68. The maximum absolute atomic E-state index is 13.0. The maximum Gasteiger partial charge on any atom is 0.272 e. The van der Waals surface area contributed by atoms with Gasteiger partial charge in [-0.3, -0.25) is 4.79 Å². The largest absolute Gasteiger partial charge is 0.337 e. The molecule has 0 aliphatic heterocycles. The van der Waals surface area contributed by atoms with E-state index in [2.05, 4.69) is 11.9 Å². The molecule has 2 atom stereocenters. The summed E-state index contributed by atoms with van der Waals surface area (Å²) in [6.07, 6.45) is 4.57. The van der Waals surface area contributed by atoms with Gasteiger partial charge in [0.05, 0.1) is 0 Å². The molecule has 2 rings (SSSR count). The SMILES string of the molecule is CC1CCCCC1N(C)C(=O)c1cccc(F)n1. The Hall–Kier alpha value is -1.45. The Bertz CT molecular complexity index is 436. The second-order valence-electron chi connectivity index (χ2n) is 5.09. The molecule has 0 aromatic carbocycles. The predicted octanol–water partition coefficient (Wildman–Crippen LogP) is 2.87. The Morgan fingerprint density at radius 3 is 2.78 bits per heavy atom. The summed E-state index contributed by atoms with van der Waals surface area (Å²) in [6.45, 7) is 2.17. The molecule has 4 heteroatoms. The topological polar surface area (TPSA) is 33.2 Å². The zero-order valence-electron chi connectivity index (χ0n) is 10.9. The van der Waals surface area contributed by atoms with Gasteiger partial charge in [-0.05, 0) is 30.9 Å². The normalized spacial score (nSPS) is 23.7. The molecule has 1 aliphatic rings. The summed E-state index contributed by atoms with van der Waals surface area (Å²) < 4.78 is 13.0. The molecule has 0 N–H and O–H groups in total. The molecule has 98 valence electrons. The minimum absolute atomic E-state index is 0.187. The van der Waals surface area contributed by atoms with Crippen LogP contribution in [0.5, 0.6) is 0 Å². The van der Waals surface area contributed by atoms with Gasteiger partial charge < -0.3 is 4.90 Å². The Labute approximate surface area is 107 Å². The van der Waals surface area contributed by atoms with Gasteiger partial charge in [-0.15, -0.1) is 0 Å². The molecule has 1 aliphatic carbocycles. The molecule has 2 unspecified atom stereocenters. The molecule has 0 bridgehead atoms. The van der Waals surface area contributed by atoms with Crippen LogP contribution in [0.3, 0.4) is 0 Å². The standard InChI is InChI=1S/C14H19FN2O/c1-10-6-3-4-8-12(10)17(2)14(18)11-7-5-9-13(15)16-11/h5,7,9-10,12H,3-4,6,8H2,1-2H3. The average molecular weight is 250 g/mol. The van der Waals surface area contributed by atoms with Gasteiger partial charge in [-0.1, -0.05) is 25.8 Å². The van der Waals surface area contributed by atoms with Gasteiger partial charge in [0.25, 0.3) is 5.91 Å². The van der Waals surface area contributed by atoms with Crippen molar-refractivity contribution in [2.24, 2.45) is 5.92 Å². The highest BCUT2D eigenvalue weighted by molar-refractivity contribution is 5.92. The van der Waals surface area contributed by atoms with Crippen LogP contribution >= 0.6 is 0 Å². The van der Waals surface area contributed by atoms with Crippen LogP contribution in [0.2, 0.25) is 0 Å². The van der Waals surface area contributed by atoms with E-state index < -0.39 is 5.95 Å². The van der Waals surface area contributed by atoms with E-state index in [1.54, 1.807) is 18.0 Å². The first-order chi connectivity index (χ1) is 8.59. The molecule has 0 saturated heterocycles. The molecular formula is C14H19FN2O. The van der Waals surface area contributed by atoms with E-state index in [9.17, 15) is 9.18 Å². The fourth-order valence-corrected chi connectivity index (χ4v) is 2.73. The second-order valence-corrected chi connectivity index (χ2v) is 5.09. The Balaban J connectivity index is 2.13. The molecule has 1 aromatic rings. The monoisotopic (exact) mass is 250 g/mol. The van der Waals surface area contributed by atoms with Crippen LogP contribution in [0, 0.1) is 11.9 Å². The van der Waals surface area contributed by atoms with Crippen molar-refractivity contribution in [1.29, 1.82) is 0 Å². The molecule has 0 spiro atoms. The quantitative estimate of drug-likeness (QED) is 0.756. The van der Waals surface area contributed by atoms with Crippen molar-refractivity contribution in [2.75, 3.05) is 7.05 Å². The molecule has 3 nitrogen and oxygen atoms in total. The van der Waals surface area contributed by atoms with Crippen LogP contribution < -0.4 is 0 Å². The van der Waals surface area contributed by atoms with Crippen molar-refractivity contribution >= 4 is 5.91 Å². The van der Waals surface area contributed by atoms with Crippen LogP contribution in [0.1, 0.15) is 43.1 Å². The minimum Gasteiger partial charge on any atom is -0.337 e. The zero-order valence-corrected chi connectivity index (χ0v) is 10.9. The van der Waals surface area contributed by atoms with E-state index in [0.717, 1.165) is 19.3 Å². The van der Waals surface area contributed by atoms with Gasteiger partial charge >= 0.3 is 0 Å². The first-order valence-corrected chi connectivity index (χ1v) is 6.49. The highest BCUT2D eigenvalue weighted by Crippen LogP contribution is 2.27. The van der Waals surface area contributed by atoms with E-state index >= 15 is 0 Å². The molecule has 1 heterocycles. The van der Waals surface area contributed by atoms with Gasteiger partial charge in [0.15, 0.2) is 0 Å². The number of carbonyl (C=O) groups excluding carboxylic acids is 1. The molecule has 1 aromatic heterocycles. The highest BCUT2D eigenvalue weighted by atomic mass is 19.1. The Kier molecular flexibility index (Phi) is 3.94. The number of hydrogen-bond acceptors (Lipinski definition) is 2. The van der Waals surface area contributed by atoms with Gasteiger partial charge in [-0.2, -0.15) is 4.39 Å². The number of amides is 1. The lowest BCUT2D eigenvalue weighted by Crippen LogP contribution is -2.42. The van der Waals surface area contributed by atoms with Crippen molar-refractivity contribution in [3.05, 3.63) is 29.8 Å². The first kappa shape index (κ1) is 13.0. The van der Waals surface area contributed by atoms with Crippen LogP contribution in [0.25, 0.3) is 0 Å². The van der Waals surface area contributed by atoms with Gasteiger partial charge in [-0.25, -0.2) is 4.98 Å². The van der Waals surface area contributed by atoms with Crippen molar-refractivity contribution in [3.63, 3.8) is 0 Å². The van der Waals surface area contributed by atoms with Crippen LogP contribution in [-0.2, 0) is 0 Å². The van der Waals surface area contributed by atoms with Crippen LogP contribution in [0.15, 0.2) is 18.2 Å². The molecule has 1 saturated carbocycles. The van der Waals surface area contributed by atoms with Crippen LogP contribution in [-0.4, -0.2) is 28.9 Å². The number of pyridine rings is 1. The number of carbonyl (C=O) groups is 1. The van der Waals surface area contributed by atoms with E-state index in [4.69, 9.17) is 0 Å². The van der Waals surface area contributed by atoms with Crippen molar-refractivity contribution in [2.45, 2.75) is 38.6 Å². The van der Waals surface area contributed by atoms with E-state index in [1.165, 1.54) is 18.6 Å². The zero-order chi connectivity index (χ0) is 13.1. The van der Waals surface area contributed by atoms with Gasteiger partial charge in [0.2, 0.25) is 5.95 Å². The Morgan fingerprint density at radius 1 is 1.39 bits per heavy atom. The van der Waals surface area contributed by atoms with Crippen molar-refractivity contribution in [3.8, 4) is 0 Å². The number of nitrogens with zero attached hydrogens (tertiary/aromatic N) is 2. The third-order valence-corrected chi connectivity index (χ3v) is 3.82. The summed E-state index contributed by atoms with van der Waals surface area (Å²) in [7, 11) is 1.79. The molecule has 1 fully saturated rings. The van der Waals surface area contributed by atoms with Gasteiger partial charge in [0, 0.05) is 13.1 Å². The number of hydrogen-bond donors (Lipinski definition) is 0. The number of rotatable bonds is 2. The lowest BCUT2D eigenvalue weighted by molar-refractivity contribution is 0.0622. The Morgan fingerprint density at radius 2 is 2.11 bits per heavy atom. The van der Waals surface area contributed by atoms with Crippen LogP contribution in [0.4, 0.5) is 4.39 Å². The average Bonchev–Trinajstić information content (AvgIpc) is 2.37. The summed E-state index contributed by atoms with van der Waals surface area (Å²) in [6, 6.07) is 4.58. The minimum atomic E-state index is -0.606. The maximum atomic E-state index is 13.0. The summed E-state index contributed by atoms with van der Waals surface area (Å²) in [5.74, 6) is -0.291. The number of halogens is 1. The number of aromatic nitrogens is 1. The molecule has 1 amide bonds. The second kappa shape index (κ2) is 5.46. The van der Waals surface area contributed by atoms with Gasteiger partial charge in [0.1, 0.15) is 5.69 Å². The smallest absolute Gasteiger partial charge is 0.272 e. The molecule has 0 radical (unpaired) electrons. The van der Waals surface area contributed by atoms with E-state index in [0.29, 0.717) is 5.92 Å². The summed E-state index contributed by atoms with van der Waals surface area (Å²) in [4.78, 5) is 17.6. The summed E-state index contributed by atoms with van der Waals surface area (Å²) >= 11 is 0. The fraction of sp³-hybridized carbons (Fsp3) is 0.571. The predicted molar refractivity (Wildman–Crippen MR) is 67.7 cm³/mol. The lowest BCUT2D eigenvalue weighted by atomic mass is 9.85. The van der Waals surface area contributed by atoms with Crippen molar-refractivity contribution in [1.82, 2.24) is 9.88 Å². The summed E-state index contributed by atoms with van der Waals surface area (Å²) in [5, 5.41) is 0. The highest BCUT2D eigenvalue weighted by Gasteiger charge is 2.28.